The number of hydrogen-bond acceptors (Lipinski definition) is 4. The highest BCUT2D eigenvalue weighted by Crippen LogP contribution is 2.39. The van der Waals surface area contributed by atoms with E-state index in [1.54, 1.807) is 0 Å². The van der Waals surface area contributed by atoms with Gasteiger partial charge < -0.3 is 15.8 Å². The molecule has 3 rings (SSSR count). The van der Waals surface area contributed by atoms with Crippen LogP contribution < -0.4 is 11.1 Å². The van der Waals surface area contributed by atoms with Gasteiger partial charge in [-0.3, -0.25) is 9.59 Å². The number of nitrogens with two attached hydrogens (primary N) is 1. The van der Waals surface area contributed by atoms with Gasteiger partial charge >= 0.3 is 0 Å². The zero-order valence-corrected chi connectivity index (χ0v) is 10.9. The van der Waals surface area contributed by atoms with E-state index in [1.807, 2.05) is 0 Å². The second kappa shape index (κ2) is 4.57. The topological polar surface area (TPSA) is 81.4 Å². The summed E-state index contributed by atoms with van der Waals surface area (Å²) in [6, 6.07) is 0. The Kier molecular flexibility index (Phi) is 3.02. The molecule has 0 spiro atoms. The lowest BCUT2D eigenvalue weighted by Crippen LogP contribution is -2.20. The van der Waals surface area contributed by atoms with Gasteiger partial charge in [0.05, 0.1) is 24.7 Å². The number of carbonyl (C=O) groups excluding carboxylic acids is 2. The zero-order chi connectivity index (χ0) is 13.6. The quantitative estimate of drug-likeness (QED) is 0.875. The van der Waals surface area contributed by atoms with Crippen molar-refractivity contribution in [3.63, 3.8) is 0 Å². The Balaban J connectivity index is 1.89. The van der Waals surface area contributed by atoms with E-state index in [1.165, 1.54) is 11.3 Å². The Morgan fingerprint density at radius 3 is 2.84 bits per heavy atom. The molecule has 1 aliphatic carbocycles. The lowest BCUT2D eigenvalue weighted by atomic mass is 10.1. The molecule has 2 unspecified atom stereocenters. The number of hydrogen-bond donors (Lipinski definition) is 2. The first-order valence-corrected chi connectivity index (χ1v) is 6.86. The van der Waals surface area contributed by atoms with Gasteiger partial charge in [-0.15, -0.1) is 11.3 Å². The maximum atomic E-state index is 12.8. The number of ether oxygens (including phenoxy) is 1. The molecule has 1 aromatic heterocycles. The standard InChI is InChI=1S/C12H13FN2O3S/c13-7-3-6(7)11(17)15-12-9(10(14)16)5-1-2-18-4-8(5)19-12/h6-7H,1-4H2,(H2,14,16)(H,15,17). The number of alkyl halides is 1. The van der Waals surface area contributed by atoms with Crippen molar-refractivity contribution in [2.24, 2.45) is 11.7 Å². The van der Waals surface area contributed by atoms with Crippen LogP contribution >= 0.6 is 11.3 Å². The summed E-state index contributed by atoms with van der Waals surface area (Å²) in [5.41, 5.74) is 6.59. The van der Waals surface area contributed by atoms with Crippen LogP contribution in [0.25, 0.3) is 0 Å². The first kappa shape index (κ1) is 12.6. The molecule has 3 N–H and O–H groups in total. The Morgan fingerprint density at radius 1 is 1.47 bits per heavy atom. The van der Waals surface area contributed by atoms with E-state index in [0.717, 1.165) is 10.4 Å². The van der Waals surface area contributed by atoms with Gasteiger partial charge in [0, 0.05) is 4.88 Å². The van der Waals surface area contributed by atoms with Crippen molar-refractivity contribution in [1.82, 2.24) is 0 Å². The van der Waals surface area contributed by atoms with Crippen LogP contribution in [0.15, 0.2) is 0 Å². The molecule has 1 fully saturated rings. The average Bonchev–Trinajstić information content (AvgIpc) is 2.98. The molecule has 2 amide bonds. The van der Waals surface area contributed by atoms with Gasteiger partial charge in [-0.1, -0.05) is 0 Å². The van der Waals surface area contributed by atoms with E-state index in [4.69, 9.17) is 10.5 Å². The van der Waals surface area contributed by atoms with Crippen LogP contribution in [0.1, 0.15) is 27.2 Å². The maximum Gasteiger partial charge on any atom is 0.251 e. The molecule has 0 saturated heterocycles. The zero-order valence-electron chi connectivity index (χ0n) is 10.1. The SMILES string of the molecule is NC(=O)c1c(NC(=O)C2CC2F)sc2c1CCOC2. The third-order valence-corrected chi connectivity index (χ3v) is 4.47. The Bertz CT molecular complexity index is 557. The van der Waals surface area contributed by atoms with Crippen molar-refractivity contribution < 1.29 is 18.7 Å². The molecule has 2 aliphatic rings. The number of nitrogens with one attached hydrogen (secondary N) is 1. The molecule has 1 saturated carbocycles. The normalized spacial score (nSPS) is 24.7. The summed E-state index contributed by atoms with van der Waals surface area (Å²) < 4.78 is 18.2. The van der Waals surface area contributed by atoms with E-state index >= 15 is 0 Å². The van der Waals surface area contributed by atoms with Crippen molar-refractivity contribution in [1.29, 1.82) is 0 Å². The molecule has 0 radical (unpaired) electrons. The fraction of sp³-hybridized carbons (Fsp3) is 0.500. The molecule has 1 aromatic rings. The summed E-state index contributed by atoms with van der Waals surface area (Å²) in [6.07, 6.45) is -0.198. The summed E-state index contributed by atoms with van der Waals surface area (Å²) in [5.74, 6) is -1.53. The molecule has 102 valence electrons. The van der Waals surface area contributed by atoms with Crippen LogP contribution in [0, 0.1) is 5.92 Å². The van der Waals surface area contributed by atoms with Crippen LogP contribution in [0.2, 0.25) is 0 Å². The van der Waals surface area contributed by atoms with Crippen LogP contribution in [0.4, 0.5) is 9.39 Å². The fourth-order valence-electron chi connectivity index (χ4n) is 2.22. The average molecular weight is 284 g/mol. The number of carbonyl (C=O) groups is 2. The number of thiophene rings is 1. The van der Waals surface area contributed by atoms with E-state index in [9.17, 15) is 14.0 Å². The number of primary amides is 1. The summed E-state index contributed by atoms with van der Waals surface area (Å²) in [4.78, 5) is 24.2. The highest BCUT2D eigenvalue weighted by Gasteiger charge is 2.44. The number of halogens is 1. The summed E-state index contributed by atoms with van der Waals surface area (Å²) >= 11 is 1.28. The van der Waals surface area contributed by atoms with E-state index in [2.05, 4.69) is 5.32 Å². The third-order valence-electron chi connectivity index (χ3n) is 3.35. The molecule has 7 heteroatoms. The minimum absolute atomic E-state index is 0.256. The fourth-order valence-corrected chi connectivity index (χ4v) is 3.41. The number of amides is 2. The number of rotatable bonds is 3. The van der Waals surface area contributed by atoms with Crippen LogP contribution in [-0.4, -0.2) is 24.6 Å². The van der Waals surface area contributed by atoms with Crippen LogP contribution in [-0.2, 0) is 22.6 Å². The minimum atomic E-state index is -1.06. The summed E-state index contributed by atoms with van der Waals surface area (Å²) in [7, 11) is 0. The minimum Gasteiger partial charge on any atom is -0.376 e. The second-order valence-corrected chi connectivity index (χ2v) is 5.83. The Hall–Kier alpha value is -1.47. The molecular weight excluding hydrogens is 271 g/mol. The van der Waals surface area contributed by atoms with E-state index in [0.29, 0.717) is 30.2 Å². The van der Waals surface area contributed by atoms with Gasteiger partial charge in [-0.05, 0) is 18.4 Å². The molecule has 5 nitrogen and oxygen atoms in total. The Morgan fingerprint density at radius 2 is 2.21 bits per heavy atom. The molecule has 19 heavy (non-hydrogen) atoms. The van der Waals surface area contributed by atoms with Crippen molar-refractivity contribution in [3.8, 4) is 0 Å². The van der Waals surface area contributed by atoms with Gasteiger partial charge in [0.25, 0.3) is 5.91 Å². The highest BCUT2D eigenvalue weighted by atomic mass is 32.1. The van der Waals surface area contributed by atoms with Crippen LogP contribution in [0.3, 0.4) is 0 Å². The predicted molar refractivity (Wildman–Crippen MR) is 67.8 cm³/mol. The first-order valence-electron chi connectivity index (χ1n) is 6.05. The first-order chi connectivity index (χ1) is 9.08. The van der Waals surface area contributed by atoms with E-state index < -0.39 is 18.0 Å². The van der Waals surface area contributed by atoms with Crippen molar-refractivity contribution in [2.75, 3.05) is 11.9 Å². The lowest BCUT2D eigenvalue weighted by molar-refractivity contribution is -0.117. The molecule has 0 aromatic carbocycles. The third kappa shape index (κ3) is 2.23. The van der Waals surface area contributed by atoms with Gasteiger partial charge in [-0.2, -0.15) is 0 Å². The summed E-state index contributed by atoms with van der Waals surface area (Å²) in [5, 5.41) is 3.05. The van der Waals surface area contributed by atoms with Gasteiger partial charge in [0.15, 0.2) is 0 Å². The van der Waals surface area contributed by atoms with Crippen molar-refractivity contribution in [3.05, 3.63) is 16.0 Å². The van der Waals surface area contributed by atoms with E-state index in [-0.39, 0.29) is 12.3 Å². The molecular formula is C12H13FN2O3S. The van der Waals surface area contributed by atoms with Gasteiger partial charge in [0.2, 0.25) is 5.91 Å². The smallest absolute Gasteiger partial charge is 0.251 e. The second-order valence-electron chi connectivity index (χ2n) is 4.72. The highest BCUT2D eigenvalue weighted by molar-refractivity contribution is 7.17. The predicted octanol–water partition coefficient (Wildman–Crippen LogP) is 1.22. The number of anilines is 1. The molecule has 2 heterocycles. The van der Waals surface area contributed by atoms with Gasteiger partial charge in [-0.25, -0.2) is 4.39 Å². The Labute approximate surface area is 112 Å². The van der Waals surface area contributed by atoms with Crippen LogP contribution in [0.5, 0.6) is 0 Å². The monoisotopic (exact) mass is 284 g/mol. The maximum absolute atomic E-state index is 12.8. The number of fused-ring (bicyclic) bond motifs is 1. The largest absolute Gasteiger partial charge is 0.376 e. The molecule has 0 bridgehead atoms. The summed E-state index contributed by atoms with van der Waals surface area (Å²) in [6.45, 7) is 0.956. The molecule has 2 atom stereocenters. The van der Waals surface area contributed by atoms with Crippen molar-refractivity contribution in [2.45, 2.75) is 25.6 Å². The lowest BCUT2D eigenvalue weighted by Gasteiger charge is -2.12. The van der Waals surface area contributed by atoms with Gasteiger partial charge in [0.1, 0.15) is 11.2 Å². The van der Waals surface area contributed by atoms with Crippen molar-refractivity contribution >= 4 is 28.2 Å². The molecule has 1 aliphatic heterocycles.